The largest absolute Gasteiger partial charge is 0.465 e. The Labute approximate surface area is 176 Å². The average molecular weight is 458 g/mol. The summed E-state index contributed by atoms with van der Waals surface area (Å²) in [4.78, 5) is 39.2. The van der Waals surface area contributed by atoms with Gasteiger partial charge in [0.05, 0.1) is 18.7 Å². The van der Waals surface area contributed by atoms with Gasteiger partial charge in [0.2, 0.25) is 5.91 Å². The molecule has 0 aromatic heterocycles. The van der Waals surface area contributed by atoms with Gasteiger partial charge in [-0.05, 0) is 31.5 Å². The Hall–Kier alpha value is -2.92. The number of fused-ring (bicyclic) bond motifs is 1. The van der Waals surface area contributed by atoms with Crippen LogP contribution in [0.5, 0.6) is 0 Å². The van der Waals surface area contributed by atoms with Crippen LogP contribution in [-0.2, 0) is 19.1 Å². The maximum Gasteiger partial charge on any atom is 0.329 e. The van der Waals surface area contributed by atoms with Crippen LogP contribution in [0.4, 0.5) is 0 Å². The first kappa shape index (κ1) is 20.8. The number of nitrogens with zero attached hydrogens (tertiary/aromatic N) is 2. The third-order valence-corrected chi connectivity index (χ3v) is 5.86. The zero-order valence-corrected chi connectivity index (χ0v) is 17.5. The molecule has 2 heterocycles. The number of ether oxygens (including phenoxy) is 1. The highest BCUT2D eigenvalue weighted by atomic mass is 79.9. The number of Topliss-reactive ketones (excluding diaryl/α,β-unsaturated/α-hetero) is 1. The van der Waals surface area contributed by atoms with Crippen molar-refractivity contribution >= 4 is 33.6 Å². The lowest BCUT2D eigenvalue weighted by Gasteiger charge is -2.32. The van der Waals surface area contributed by atoms with E-state index < -0.39 is 35.3 Å². The fourth-order valence-corrected chi connectivity index (χ4v) is 4.58. The number of carbonyl (C=O) groups excluding carboxylic acids is 3. The molecule has 7 nitrogen and oxygen atoms in total. The molecule has 0 saturated carbocycles. The van der Waals surface area contributed by atoms with Crippen LogP contribution in [0.15, 0.2) is 52.7 Å². The third-order valence-electron chi connectivity index (χ3n) is 5.37. The minimum absolute atomic E-state index is 0.0830. The van der Waals surface area contributed by atoms with E-state index in [0.29, 0.717) is 11.1 Å². The molecule has 1 fully saturated rings. The second-order valence-electron chi connectivity index (χ2n) is 6.97. The predicted molar refractivity (Wildman–Crippen MR) is 108 cm³/mol. The molecule has 0 radical (unpaired) electrons. The molecular formula is C21H20BrN3O4. The minimum Gasteiger partial charge on any atom is -0.465 e. The first-order valence-corrected chi connectivity index (χ1v) is 9.88. The Morgan fingerprint density at radius 3 is 2.66 bits per heavy atom. The molecule has 0 unspecified atom stereocenters. The Morgan fingerprint density at radius 2 is 2.10 bits per heavy atom. The molecule has 2 N–H and O–H groups in total. The van der Waals surface area contributed by atoms with Crippen LogP contribution in [0.1, 0.15) is 25.3 Å². The van der Waals surface area contributed by atoms with Crippen LogP contribution in [0, 0.1) is 16.7 Å². The number of benzene rings is 1. The molecule has 8 heteroatoms. The van der Waals surface area contributed by atoms with Crippen molar-refractivity contribution in [2.75, 3.05) is 6.61 Å². The highest BCUT2D eigenvalue weighted by Crippen LogP contribution is 2.53. The number of primary amides is 1. The van der Waals surface area contributed by atoms with Crippen molar-refractivity contribution < 1.29 is 19.1 Å². The number of carbonyl (C=O) groups is 3. The van der Waals surface area contributed by atoms with Gasteiger partial charge in [-0.25, -0.2) is 0 Å². The SMILES string of the molecule is CCOC(=O)[C@]1(C#N)[C@@H]2C=CC(C(C)=O)=CN2[C@@H](C(N)=O)[C@@H]1c1cccc(Br)c1. The number of allylic oxidation sites excluding steroid dienone is 2. The maximum absolute atomic E-state index is 13.1. The van der Waals surface area contributed by atoms with E-state index >= 15 is 0 Å². The number of hydrogen-bond acceptors (Lipinski definition) is 6. The molecule has 0 aliphatic carbocycles. The molecule has 150 valence electrons. The van der Waals surface area contributed by atoms with Gasteiger partial charge in [0.15, 0.2) is 11.2 Å². The van der Waals surface area contributed by atoms with Gasteiger partial charge in [-0.1, -0.05) is 40.2 Å². The number of nitriles is 1. The Balaban J connectivity index is 2.30. The quantitative estimate of drug-likeness (QED) is 0.677. The highest BCUT2D eigenvalue weighted by molar-refractivity contribution is 9.10. The summed E-state index contributed by atoms with van der Waals surface area (Å²) in [6, 6.07) is 7.39. The van der Waals surface area contributed by atoms with Crippen LogP contribution in [0.2, 0.25) is 0 Å². The summed E-state index contributed by atoms with van der Waals surface area (Å²) in [5, 5.41) is 10.3. The van der Waals surface area contributed by atoms with Crippen molar-refractivity contribution in [3.05, 3.63) is 58.2 Å². The fraction of sp³-hybridized carbons (Fsp3) is 0.333. The summed E-state index contributed by atoms with van der Waals surface area (Å²) in [5.74, 6) is -2.52. The van der Waals surface area contributed by atoms with E-state index in [2.05, 4.69) is 22.0 Å². The zero-order chi connectivity index (χ0) is 21.3. The van der Waals surface area contributed by atoms with E-state index in [4.69, 9.17) is 10.5 Å². The smallest absolute Gasteiger partial charge is 0.329 e. The molecule has 1 saturated heterocycles. The van der Waals surface area contributed by atoms with Gasteiger partial charge >= 0.3 is 5.97 Å². The first-order valence-electron chi connectivity index (χ1n) is 9.09. The molecule has 3 rings (SSSR count). The molecule has 2 aliphatic heterocycles. The van der Waals surface area contributed by atoms with Crippen molar-refractivity contribution in [3.63, 3.8) is 0 Å². The van der Waals surface area contributed by atoms with Gasteiger partial charge in [0.1, 0.15) is 6.04 Å². The van der Waals surface area contributed by atoms with E-state index in [0.717, 1.165) is 4.47 Å². The second kappa shape index (κ2) is 7.84. The predicted octanol–water partition coefficient (Wildman–Crippen LogP) is 2.19. The average Bonchev–Trinajstić information content (AvgIpc) is 2.99. The lowest BCUT2D eigenvalue weighted by Crippen LogP contribution is -2.45. The van der Waals surface area contributed by atoms with E-state index in [1.54, 1.807) is 48.2 Å². The topological polar surface area (TPSA) is 113 Å². The Kier molecular flexibility index (Phi) is 5.62. The molecule has 1 aromatic carbocycles. The van der Waals surface area contributed by atoms with Crippen molar-refractivity contribution in [1.82, 2.24) is 4.90 Å². The first-order chi connectivity index (χ1) is 13.8. The fourth-order valence-electron chi connectivity index (χ4n) is 4.17. The molecule has 4 atom stereocenters. The molecule has 29 heavy (non-hydrogen) atoms. The number of rotatable bonds is 5. The summed E-state index contributed by atoms with van der Waals surface area (Å²) in [7, 11) is 0. The van der Waals surface area contributed by atoms with Crippen molar-refractivity contribution in [2.45, 2.75) is 31.8 Å². The second-order valence-corrected chi connectivity index (χ2v) is 7.89. The lowest BCUT2D eigenvalue weighted by molar-refractivity contribution is -0.153. The molecule has 2 aliphatic rings. The lowest BCUT2D eigenvalue weighted by atomic mass is 9.68. The summed E-state index contributed by atoms with van der Waals surface area (Å²) >= 11 is 3.40. The summed E-state index contributed by atoms with van der Waals surface area (Å²) in [6.07, 6.45) is 4.67. The molecule has 1 aromatic rings. The van der Waals surface area contributed by atoms with Crippen molar-refractivity contribution in [3.8, 4) is 6.07 Å². The Morgan fingerprint density at radius 1 is 1.38 bits per heavy atom. The molecule has 0 bridgehead atoms. The maximum atomic E-state index is 13.1. The van der Waals surface area contributed by atoms with Gasteiger partial charge in [0, 0.05) is 22.2 Å². The molecule has 0 spiro atoms. The van der Waals surface area contributed by atoms with Crippen LogP contribution in [-0.4, -0.2) is 41.3 Å². The number of nitrogens with two attached hydrogens (primary N) is 1. The number of amides is 1. The summed E-state index contributed by atoms with van der Waals surface area (Å²) in [5.41, 5.74) is 4.99. The van der Waals surface area contributed by atoms with Gasteiger partial charge < -0.3 is 15.4 Å². The van der Waals surface area contributed by atoms with Gasteiger partial charge in [0.25, 0.3) is 0 Å². The Bertz CT molecular complexity index is 980. The van der Waals surface area contributed by atoms with E-state index in [9.17, 15) is 19.6 Å². The summed E-state index contributed by atoms with van der Waals surface area (Å²) < 4.78 is 6.01. The minimum atomic E-state index is -1.72. The number of esters is 1. The number of ketones is 1. The van der Waals surface area contributed by atoms with Crippen LogP contribution >= 0.6 is 15.9 Å². The van der Waals surface area contributed by atoms with E-state index in [-0.39, 0.29) is 12.4 Å². The third kappa shape index (κ3) is 3.25. The van der Waals surface area contributed by atoms with Crippen molar-refractivity contribution in [1.29, 1.82) is 5.26 Å². The number of halogens is 1. The van der Waals surface area contributed by atoms with Gasteiger partial charge in [-0.2, -0.15) is 5.26 Å². The zero-order valence-electron chi connectivity index (χ0n) is 16.0. The van der Waals surface area contributed by atoms with Crippen molar-refractivity contribution in [2.24, 2.45) is 11.1 Å². The standard InChI is InChI=1S/C21H20BrN3O4/c1-3-29-20(28)21(11-23)16-8-7-14(12(2)26)10-25(16)18(19(24)27)17(21)13-5-4-6-15(22)9-13/h4-10,16-18H,3H2,1-2H3,(H2,24,27)/t16-,17-,18+,21+/m0/s1. The van der Waals surface area contributed by atoms with Gasteiger partial charge in [-0.3, -0.25) is 14.4 Å². The van der Waals surface area contributed by atoms with Crippen LogP contribution in [0.3, 0.4) is 0 Å². The van der Waals surface area contributed by atoms with Crippen LogP contribution in [0.25, 0.3) is 0 Å². The van der Waals surface area contributed by atoms with Gasteiger partial charge in [-0.15, -0.1) is 0 Å². The normalized spacial score (nSPS) is 27.6. The molecule has 1 amide bonds. The van der Waals surface area contributed by atoms with Crippen LogP contribution < -0.4 is 5.73 Å². The highest BCUT2D eigenvalue weighted by Gasteiger charge is 2.66. The molecular weight excluding hydrogens is 438 g/mol. The van der Waals surface area contributed by atoms with E-state index in [1.807, 2.05) is 0 Å². The van der Waals surface area contributed by atoms with E-state index in [1.165, 1.54) is 13.1 Å². The summed E-state index contributed by atoms with van der Waals surface area (Å²) in [6.45, 7) is 3.14. The number of hydrogen-bond donors (Lipinski definition) is 1. The monoisotopic (exact) mass is 457 g/mol.